The van der Waals surface area contributed by atoms with Crippen LogP contribution in [-0.2, 0) is 25.7 Å². The van der Waals surface area contributed by atoms with Crippen molar-refractivity contribution in [3.63, 3.8) is 0 Å². The Balaban J connectivity index is 2.07. The maximum absolute atomic E-state index is 13.8. The molecule has 0 spiro atoms. The second kappa shape index (κ2) is 9.48. The van der Waals surface area contributed by atoms with E-state index in [2.05, 4.69) is 5.32 Å². The summed E-state index contributed by atoms with van der Waals surface area (Å²) in [5, 5.41) is 11.5. The van der Waals surface area contributed by atoms with E-state index in [1.54, 1.807) is 20.8 Å². The lowest BCUT2D eigenvalue weighted by molar-refractivity contribution is -0.140. The van der Waals surface area contributed by atoms with Crippen LogP contribution < -0.4 is 14.4 Å². The molecule has 196 valence electrons. The van der Waals surface area contributed by atoms with Crippen LogP contribution in [0.25, 0.3) is 0 Å². The first-order valence-corrected chi connectivity index (χ1v) is 11.8. The highest BCUT2D eigenvalue weighted by Gasteiger charge is 2.39. The fraction of sp³-hybridized carbons (Fsp3) is 0.364. The zero-order chi connectivity index (χ0) is 27.1. The molecule has 2 aromatic carbocycles. The van der Waals surface area contributed by atoms with Gasteiger partial charge in [-0.3, -0.25) is 14.4 Å². The minimum absolute atomic E-state index is 0.0681. The van der Waals surface area contributed by atoms with Crippen LogP contribution in [0.5, 0.6) is 5.75 Å². The fourth-order valence-corrected chi connectivity index (χ4v) is 4.87. The predicted molar refractivity (Wildman–Crippen MR) is 119 cm³/mol. The van der Waals surface area contributed by atoms with Crippen molar-refractivity contribution in [3.05, 3.63) is 47.8 Å². The molecular formula is C22H22F4N2O7S. The van der Waals surface area contributed by atoms with Crippen LogP contribution >= 0.6 is 0 Å². The summed E-state index contributed by atoms with van der Waals surface area (Å²) in [6.07, 6.45) is -7.81. The number of benzene rings is 2. The van der Waals surface area contributed by atoms with Gasteiger partial charge in [-0.1, -0.05) is 0 Å². The van der Waals surface area contributed by atoms with Crippen LogP contribution in [-0.4, -0.2) is 43.8 Å². The lowest BCUT2D eigenvalue weighted by Gasteiger charge is -2.35. The summed E-state index contributed by atoms with van der Waals surface area (Å²) < 4.78 is 91.6. The number of nitrogens with one attached hydrogen (secondary N) is 1. The number of hydrogen-bond acceptors (Lipinski definition) is 6. The highest BCUT2D eigenvalue weighted by Crippen LogP contribution is 2.40. The molecule has 3 rings (SSSR count). The zero-order valence-electron chi connectivity index (χ0n) is 19.2. The van der Waals surface area contributed by atoms with E-state index >= 15 is 0 Å². The van der Waals surface area contributed by atoms with Crippen LogP contribution in [0.4, 0.5) is 33.7 Å². The monoisotopic (exact) mass is 534 g/mol. The summed E-state index contributed by atoms with van der Waals surface area (Å²) in [7, 11) is -4.77. The van der Waals surface area contributed by atoms with E-state index in [1.807, 2.05) is 0 Å². The summed E-state index contributed by atoms with van der Waals surface area (Å²) in [4.78, 5) is 22.5. The van der Waals surface area contributed by atoms with Crippen molar-refractivity contribution in [1.82, 2.24) is 0 Å². The third kappa shape index (κ3) is 6.17. The minimum Gasteiger partial charge on any atom is -0.486 e. The molecule has 1 heterocycles. The normalized spacial score (nSPS) is 16.1. The molecule has 1 atom stereocenters. The van der Waals surface area contributed by atoms with Gasteiger partial charge in [0, 0.05) is 5.69 Å². The number of hydrogen-bond donors (Lipinski definition) is 2. The Labute approximate surface area is 203 Å². The van der Waals surface area contributed by atoms with Gasteiger partial charge in [0.2, 0.25) is 0 Å². The third-order valence-electron chi connectivity index (χ3n) is 4.77. The number of carbonyl (C=O) groups excluding carboxylic acids is 1. The van der Waals surface area contributed by atoms with Crippen LogP contribution in [0.2, 0.25) is 0 Å². The summed E-state index contributed by atoms with van der Waals surface area (Å²) in [6.45, 7) is 4.31. The van der Waals surface area contributed by atoms with Crippen molar-refractivity contribution in [1.29, 1.82) is 0 Å². The summed E-state index contributed by atoms with van der Waals surface area (Å²) in [6, 6.07) is 5.01. The maximum atomic E-state index is 13.8. The number of halogens is 4. The summed E-state index contributed by atoms with van der Waals surface area (Å²) in [5.74, 6) is -3.05. The van der Waals surface area contributed by atoms with Crippen molar-refractivity contribution in [2.45, 2.75) is 50.0 Å². The number of amides is 1. The predicted octanol–water partition coefficient (Wildman–Crippen LogP) is 4.62. The Morgan fingerprint density at radius 2 is 1.83 bits per heavy atom. The molecule has 0 unspecified atom stereocenters. The van der Waals surface area contributed by atoms with Crippen LogP contribution in [0, 0.1) is 5.82 Å². The lowest BCUT2D eigenvalue weighted by atomic mass is 10.1. The Kier molecular flexibility index (Phi) is 7.12. The van der Waals surface area contributed by atoms with Crippen molar-refractivity contribution in [2.24, 2.45) is 0 Å². The second-order valence-corrected chi connectivity index (χ2v) is 10.7. The molecular weight excluding hydrogens is 512 g/mol. The molecule has 0 aliphatic carbocycles. The quantitative estimate of drug-likeness (QED) is 0.537. The van der Waals surface area contributed by atoms with Gasteiger partial charge in [0.25, 0.3) is 10.0 Å². The van der Waals surface area contributed by atoms with Crippen LogP contribution in [0.15, 0.2) is 41.3 Å². The number of sulfonamides is 1. The van der Waals surface area contributed by atoms with E-state index < -0.39 is 69.2 Å². The molecule has 0 bridgehead atoms. The van der Waals surface area contributed by atoms with E-state index in [9.17, 15) is 35.6 Å². The average Bonchev–Trinajstić information content (AvgIpc) is 2.70. The van der Waals surface area contributed by atoms with E-state index in [4.69, 9.17) is 14.6 Å². The number of aliphatic carboxylic acids is 1. The average molecular weight is 534 g/mol. The molecule has 0 saturated heterocycles. The Bertz CT molecular complexity index is 1290. The molecule has 0 radical (unpaired) electrons. The standard InChI is InChI=1S/C22H22F4N2O7S/c1-21(2,3)35-20(31)27-12-4-7-18-17(8-12)28(11-13(34-18)9-19(29)30)36(32,33)14-5-6-16(23)15(10-14)22(24,25)26/h4-8,10,13H,9,11H2,1-3H3,(H,27,31)(H,29,30)/t13-/m0/s1. The molecule has 0 aromatic heterocycles. The molecule has 14 heteroatoms. The Morgan fingerprint density at radius 1 is 1.17 bits per heavy atom. The number of fused-ring (bicyclic) bond motifs is 1. The number of nitrogens with zero attached hydrogens (tertiary/aromatic N) is 1. The molecule has 9 nitrogen and oxygen atoms in total. The van der Waals surface area contributed by atoms with E-state index in [0.29, 0.717) is 16.4 Å². The van der Waals surface area contributed by atoms with Gasteiger partial charge in [0.15, 0.2) is 0 Å². The molecule has 1 amide bonds. The Hall–Kier alpha value is -3.55. The van der Waals surface area contributed by atoms with Gasteiger partial charge in [0.1, 0.15) is 23.3 Å². The van der Waals surface area contributed by atoms with Crippen molar-refractivity contribution in [3.8, 4) is 5.75 Å². The number of carbonyl (C=O) groups is 2. The maximum Gasteiger partial charge on any atom is 0.419 e. The summed E-state index contributed by atoms with van der Waals surface area (Å²) in [5.41, 5.74) is -2.72. The first kappa shape index (κ1) is 27.0. The number of alkyl halides is 3. The third-order valence-corrected chi connectivity index (χ3v) is 6.55. The second-order valence-electron chi connectivity index (χ2n) is 8.82. The topological polar surface area (TPSA) is 122 Å². The molecule has 0 fully saturated rings. The summed E-state index contributed by atoms with van der Waals surface area (Å²) >= 11 is 0. The molecule has 1 aliphatic heterocycles. The lowest BCUT2D eigenvalue weighted by Crippen LogP contribution is -2.44. The SMILES string of the molecule is CC(C)(C)OC(=O)Nc1ccc2c(c1)N(S(=O)(=O)c1ccc(F)c(C(F)(F)F)c1)C[C@H](CC(=O)O)O2. The molecule has 1 aliphatic rings. The highest BCUT2D eigenvalue weighted by molar-refractivity contribution is 7.92. The van der Waals surface area contributed by atoms with Gasteiger partial charge in [-0.2, -0.15) is 13.2 Å². The van der Waals surface area contributed by atoms with Gasteiger partial charge in [0.05, 0.1) is 29.1 Å². The van der Waals surface area contributed by atoms with E-state index in [0.717, 1.165) is 0 Å². The van der Waals surface area contributed by atoms with Crippen LogP contribution in [0.3, 0.4) is 0 Å². The van der Waals surface area contributed by atoms with Crippen molar-refractivity contribution < 1.29 is 50.1 Å². The van der Waals surface area contributed by atoms with E-state index in [1.165, 1.54) is 18.2 Å². The Morgan fingerprint density at radius 3 is 2.42 bits per heavy atom. The molecule has 2 N–H and O–H groups in total. The van der Waals surface area contributed by atoms with Gasteiger partial charge in [-0.05, 0) is 57.2 Å². The van der Waals surface area contributed by atoms with Crippen molar-refractivity contribution in [2.75, 3.05) is 16.2 Å². The van der Waals surface area contributed by atoms with Crippen molar-refractivity contribution >= 4 is 33.5 Å². The first-order chi connectivity index (χ1) is 16.5. The van der Waals surface area contributed by atoms with Gasteiger partial charge >= 0.3 is 18.2 Å². The number of rotatable bonds is 5. The largest absolute Gasteiger partial charge is 0.486 e. The number of carboxylic acid groups (broad SMARTS) is 1. The molecule has 36 heavy (non-hydrogen) atoms. The number of anilines is 2. The van der Waals surface area contributed by atoms with Crippen LogP contribution in [0.1, 0.15) is 32.8 Å². The van der Waals surface area contributed by atoms with Gasteiger partial charge in [-0.25, -0.2) is 17.6 Å². The number of carboxylic acids is 1. The first-order valence-electron chi connectivity index (χ1n) is 10.4. The zero-order valence-corrected chi connectivity index (χ0v) is 20.0. The number of ether oxygens (including phenoxy) is 2. The minimum atomic E-state index is -5.16. The molecule has 0 saturated carbocycles. The smallest absolute Gasteiger partial charge is 0.419 e. The van der Waals surface area contributed by atoms with Gasteiger partial charge in [-0.15, -0.1) is 0 Å². The van der Waals surface area contributed by atoms with E-state index in [-0.39, 0.29) is 23.2 Å². The van der Waals surface area contributed by atoms with Gasteiger partial charge < -0.3 is 14.6 Å². The fourth-order valence-electron chi connectivity index (χ4n) is 3.35. The highest BCUT2D eigenvalue weighted by atomic mass is 32.2. The molecule has 2 aromatic rings.